The monoisotopic (exact) mass is 231 g/mol. The lowest BCUT2D eigenvalue weighted by atomic mass is 10.2. The molecule has 0 aromatic carbocycles. The van der Waals surface area contributed by atoms with Crippen molar-refractivity contribution in [3.8, 4) is 0 Å². The number of nitrogens with zero attached hydrogens (tertiary/aromatic N) is 1. The van der Waals surface area contributed by atoms with Crippen molar-refractivity contribution < 1.29 is 0 Å². The zero-order valence-electron chi connectivity index (χ0n) is 5.85. The molecule has 0 amide bonds. The molecule has 0 spiro atoms. The van der Waals surface area contributed by atoms with Crippen molar-refractivity contribution in [3.63, 3.8) is 0 Å². The summed E-state index contributed by atoms with van der Waals surface area (Å²) < 4.78 is 0.879. The largest absolute Gasteiger partial charge is 0.248 e. The van der Waals surface area contributed by atoms with E-state index in [2.05, 4.69) is 20.9 Å². The first-order chi connectivity index (χ1) is 5.27. The van der Waals surface area contributed by atoms with Crippen LogP contribution in [0.2, 0.25) is 5.02 Å². The third-order valence-corrected chi connectivity index (χ3v) is 2.62. The molecule has 1 heterocycles. The van der Waals surface area contributed by atoms with E-state index < -0.39 is 0 Å². The van der Waals surface area contributed by atoms with Crippen LogP contribution in [0, 0.1) is 0 Å². The van der Waals surface area contributed by atoms with Gasteiger partial charge in [-0.25, -0.2) is 4.98 Å². The summed E-state index contributed by atoms with van der Waals surface area (Å²) in [6.45, 7) is 0. The number of rotatable bonds is 1. The van der Waals surface area contributed by atoms with E-state index in [0.717, 1.165) is 9.63 Å². The van der Waals surface area contributed by atoms with E-state index in [9.17, 15) is 0 Å². The first-order valence-electron chi connectivity index (χ1n) is 3.58. The maximum Gasteiger partial charge on any atom is 0.106 e. The van der Waals surface area contributed by atoms with E-state index >= 15 is 0 Å². The second kappa shape index (κ2) is 2.76. The highest BCUT2D eigenvalue weighted by Crippen LogP contribution is 2.43. The molecule has 2 rings (SSSR count). The zero-order chi connectivity index (χ0) is 7.84. The van der Waals surface area contributed by atoms with Crippen LogP contribution in [-0.2, 0) is 0 Å². The first kappa shape index (κ1) is 7.56. The van der Waals surface area contributed by atoms with Gasteiger partial charge in [0.25, 0.3) is 0 Å². The van der Waals surface area contributed by atoms with Crippen LogP contribution in [-0.4, -0.2) is 4.98 Å². The highest BCUT2D eigenvalue weighted by molar-refractivity contribution is 9.10. The van der Waals surface area contributed by atoms with E-state index in [4.69, 9.17) is 11.6 Å². The average Bonchev–Trinajstić information content (AvgIpc) is 2.76. The molecule has 1 aromatic heterocycles. The predicted molar refractivity (Wildman–Crippen MR) is 48.9 cm³/mol. The Morgan fingerprint density at radius 3 is 2.91 bits per heavy atom. The number of aromatic nitrogens is 1. The van der Waals surface area contributed by atoms with Gasteiger partial charge in [0, 0.05) is 6.20 Å². The van der Waals surface area contributed by atoms with Crippen LogP contribution < -0.4 is 0 Å². The van der Waals surface area contributed by atoms with Gasteiger partial charge in [0.05, 0.1) is 5.02 Å². The predicted octanol–water partition coefficient (Wildman–Crippen LogP) is 3.37. The van der Waals surface area contributed by atoms with Crippen molar-refractivity contribution in [2.24, 2.45) is 0 Å². The molecule has 0 unspecified atom stereocenters. The van der Waals surface area contributed by atoms with Gasteiger partial charge in [0.1, 0.15) is 4.60 Å². The molecule has 1 aliphatic carbocycles. The Morgan fingerprint density at radius 2 is 2.27 bits per heavy atom. The number of hydrogen-bond donors (Lipinski definition) is 0. The quantitative estimate of drug-likeness (QED) is 0.677. The smallest absolute Gasteiger partial charge is 0.106 e. The Labute approximate surface area is 78.9 Å². The van der Waals surface area contributed by atoms with Crippen LogP contribution >= 0.6 is 27.5 Å². The second-order valence-corrected chi connectivity index (χ2v) is 4.02. The molecule has 0 bridgehead atoms. The van der Waals surface area contributed by atoms with Gasteiger partial charge in [-0.15, -0.1) is 0 Å². The lowest BCUT2D eigenvalue weighted by Gasteiger charge is -2.00. The third-order valence-electron chi connectivity index (χ3n) is 1.87. The molecule has 0 aliphatic heterocycles. The summed E-state index contributed by atoms with van der Waals surface area (Å²) in [5.74, 6) is 0.696. The molecule has 0 radical (unpaired) electrons. The molecule has 58 valence electrons. The van der Waals surface area contributed by atoms with Gasteiger partial charge in [-0.2, -0.15) is 0 Å². The number of halogens is 2. The highest BCUT2D eigenvalue weighted by atomic mass is 79.9. The molecule has 1 fully saturated rings. The molecule has 11 heavy (non-hydrogen) atoms. The third kappa shape index (κ3) is 1.57. The Kier molecular flexibility index (Phi) is 1.90. The van der Waals surface area contributed by atoms with Crippen LogP contribution in [0.5, 0.6) is 0 Å². The van der Waals surface area contributed by atoms with E-state index in [1.54, 1.807) is 6.20 Å². The zero-order valence-corrected chi connectivity index (χ0v) is 8.19. The Hall–Kier alpha value is -0.0800. The molecule has 0 atom stereocenters. The Balaban J connectivity index is 2.42. The van der Waals surface area contributed by atoms with Crippen molar-refractivity contribution in [2.75, 3.05) is 0 Å². The van der Waals surface area contributed by atoms with Crippen LogP contribution in [0.15, 0.2) is 16.9 Å². The van der Waals surface area contributed by atoms with Crippen LogP contribution in [0.25, 0.3) is 0 Å². The summed E-state index contributed by atoms with van der Waals surface area (Å²) in [5, 5.41) is 0.802. The minimum Gasteiger partial charge on any atom is -0.248 e. The van der Waals surface area contributed by atoms with E-state index in [-0.39, 0.29) is 0 Å². The SMILES string of the molecule is Clc1cnc(Br)cc1C1CC1. The average molecular weight is 233 g/mol. The van der Waals surface area contributed by atoms with Gasteiger partial charge >= 0.3 is 0 Å². The molecule has 1 saturated carbocycles. The molecule has 0 N–H and O–H groups in total. The maximum absolute atomic E-state index is 5.95. The van der Waals surface area contributed by atoms with E-state index in [0.29, 0.717) is 5.92 Å². The normalized spacial score (nSPS) is 16.9. The van der Waals surface area contributed by atoms with Crippen molar-refractivity contribution in [1.82, 2.24) is 4.98 Å². The first-order valence-corrected chi connectivity index (χ1v) is 4.75. The van der Waals surface area contributed by atoms with Gasteiger partial charge < -0.3 is 0 Å². The molecule has 1 aliphatic rings. The van der Waals surface area contributed by atoms with Crippen molar-refractivity contribution >= 4 is 27.5 Å². The molecular weight excluding hydrogens is 225 g/mol. The minimum absolute atomic E-state index is 0.696. The van der Waals surface area contributed by atoms with Crippen molar-refractivity contribution in [1.29, 1.82) is 0 Å². The molecule has 1 nitrogen and oxygen atoms in total. The lowest BCUT2D eigenvalue weighted by molar-refractivity contribution is 1.10. The van der Waals surface area contributed by atoms with Crippen molar-refractivity contribution in [2.45, 2.75) is 18.8 Å². The van der Waals surface area contributed by atoms with Gasteiger partial charge in [0.15, 0.2) is 0 Å². The molecular formula is C8H7BrClN. The summed E-state index contributed by atoms with van der Waals surface area (Å²) in [7, 11) is 0. The topological polar surface area (TPSA) is 12.9 Å². The molecule has 0 saturated heterocycles. The lowest BCUT2D eigenvalue weighted by Crippen LogP contribution is -1.83. The second-order valence-electron chi connectivity index (χ2n) is 2.80. The van der Waals surface area contributed by atoms with Crippen LogP contribution in [0.4, 0.5) is 0 Å². The highest BCUT2D eigenvalue weighted by Gasteiger charge is 2.25. The fraction of sp³-hybridized carbons (Fsp3) is 0.375. The van der Waals surface area contributed by atoms with Gasteiger partial charge in [-0.3, -0.25) is 0 Å². The fourth-order valence-corrected chi connectivity index (χ4v) is 1.74. The summed E-state index contributed by atoms with van der Waals surface area (Å²) in [6.07, 6.45) is 4.26. The van der Waals surface area contributed by atoms with Crippen LogP contribution in [0.3, 0.4) is 0 Å². The summed E-state index contributed by atoms with van der Waals surface area (Å²) in [5.41, 5.74) is 1.24. The summed E-state index contributed by atoms with van der Waals surface area (Å²) in [4.78, 5) is 4.03. The van der Waals surface area contributed by atoms with Gasteiger partial charge in [0.2, 0.25) is 0 Å². The van der Waals surface area contributed by atoms with E-state index in [1.165, 1.54) is 18.4 Å². The number of pyridine rings is 1. The van der Waals surface area contributed by atoms with Crippen LogP contribution in [0.1, 0.15) is 24.3 Å². The summed E-state index contributed by atoms with van der Waals surface area (Å²) in [6, 6.07) is 2.01. The Bertz CT molecular complexity index is 283. The summed E-state index contributed by atoms with van der Waals surface area (Å²) >= 11 is 9.27. The molecule has 1 aromatic rings. The van der Waals surface area contributed by atoms with Gasteiger partial charge in [-0.05, 0) is 46.3 Å². The number of hydrogen-bond acceptors (Lipinski definition) is 1. The maximum atomic E-state index is 5.95. The fourth-order valence-electron chi connectivity index (χ4n) is 1.13. The van der Waals surface area contributed by atoms with Gasteiger partial charge in [-0.1, -0.05) is 11.6 Å². The minimum atomic E-state index is 0.696. The Morgan fingerprint density at radius 1 is 1.55 bits per heavy atom. The molecule has 3 heteroatoms. The van der Waals surface area contributed by atoms with Crippen molar-refractivity contribution in [3.05, 3.63) is 27.5 Å². The van der Waals surface area contributed by atoms with E-state index in [1.807, 2.05) is 6.07 Å². The standard InChI is InChI=1S/C8H7BrClN/c9-8-3-6(5-1-2-5)7(10)4-11-8/h3-5H,1-2H2.